The van der Waals surface area contributed by atoms with Crippen LogP contribution in [0.1, 0.15) is 45.0 Å². The van der Waals surface area contributed by atoms with E-state index >= 15 is 0 Å². The van der Waals surface area contributed by atoms with Crippen molar-refractivity contribution in [3.8, 4) is 136 Å². The lowest BCUT2D eigenvalue weighted by molar-refractivity contribution is 0.0943. The number of carbonyl (C=O) groups is 2. The molecule has 0 amide bonds. The number of benzene rings is 9. The second kappa shape index (κ2) is 33.2. The third-order valence-corrected chi connectivity index (χ3v) is 15.9. The van der Waals surface area contributed by atoms with Gasteiger partial charge in [-0.2, -0.15) is 0 Å². The van der Waals surface area contributed by atoms with Crippen LogP contribution in [-0.4, -0.2) is 105 Å². The van der Waals surface area contributed by atoms with Gasteiger partial charge in [-0.1, -0.05) is 91.0 Å². The van der Waals surface area contributed by atoms with Gasteiger partial charge in [0.2, 0.25) is 0 Å². The molecule has 0 bridgehead atoms. The molecule has 0 aliphatic carbocycles. The first-order valence-electron chi connectivity index (χ1n) is 30.5. The number of methoxy groups -OCH3 is 11. The van der Waals surface area contributed by atoms with Crippen LogP contribution in [0.4, 0.5) is 0 Å². The second-order valence-electron chi connectivity index (χ2n) is 21.7. The fraction of sp³-hybridized carbons (Fsp3) is 0.175. The lowest BCUT2D eigenvalue weighted by atomic mass is 9.86. The molecule has 11 aromatic rings. The Hall–Kier alpha value is -11.8. The molecule has 11 rings (SSSR count). The summed E-state index contributed by atoms with van der Waals surface area (Å²) in [6.07, 6.45) is 0.302. The molecular formula is C80H76N2O14. The average Bonchev–Trinajstić information content (AvgIpc) is 0.836. The summed E-state index contributed by atoms with van der Waals surface area (Å²) >= 11 is 0. The number of aromatic hydroxyl groups is 1. The zero-order valence-corrected chi connectivity index (χ0v) is 55.5. The molecule has 0 radical (unpaired) electrons. The van der Waals surface area contributed by atoms with E-state index < -0.39 is 0 Å². The molecule has 16 nitrogen and oxygen atoms in total. The van der Waals surface area contributed by atoms with Crippen LogP contribution in [0.15, 0.2) is 224 Å². The maximum Gasteiger partial charge on any atom is 0.163 e. The van der Waals surface area contributed by atoms with Gasteiger partial charge in [0.05, 0.1) is 101 Å². The molecule has 0 atom stereocenters. The number of rotatable bonds is 24. The van der Waals surface area contributed by atoms with Crippen molar-refractivity contribution in [2.24, 2.45) is 0 Å². The molecule has 2 aromatic heterocycles. The van der Waals surface area contributed by atoms with E-state index in [0.29, 0.717) is 51.4 Å². The number of ether oxygens (including phenoxy) is 11. The van der Waals surface area contributed by atoms with Gasteiger partial charge in [0.25, 0.3) is 0 Å². The minimum Gasteiger partial charge on any atom is -0.504 e. The van der Waals surface area contributed by atoms with E-state index in [-0.39, 0.29) is 36.1 Å². The van der Waals surface area contributed by atoms with Crippen LogP contribution in [0, 0.1) is 0 Å². The van der Waals surface area contributed by atoms with Crippen LogP contribution in [0.5, 0.6) is 69.0 Å². The van der Waals surface area contributed by atoms with Gasteiger partial charge in [0, 0.05) is 46.2 Å². The number of nitrogens with zero attached hydrogens (tertiary/aromatic N) is 2. The highest BCUT2D eigenvalue weighted by Crippen LogP contribution is 2.40. The second-order valence-corrected chi connectivity index (χ2v) is 21.7. The van der Waals surface area contributed by atoms with E-state index in [1.165, 1.54) is 7.11 Å². The van der Waals surface area contributed by atoms with Gasteiger partial charge in [-0.15, -0.1) is 0 Å². The first-order chi connectivity index (χ1) is 46.7. The first-order valence-corrected chi connectivity index (χ1v) is 30.5. The van der Waals surface area contributed by atoms with Crippen LogP contribution in [-0.2, 0) is 0 Å². The molecule has 9 aromatic carbocycles. The number of hydrogen-bond acceptors (Lipinski definition) is 16. The topological polar surface area (TPSA) is 182 Å². The first kappa shape index (κ1) is 68.6. The van der Waals surface area contributed by atoms with Crippen molar-refractivity contribution in [1.29, 1.82) is 0 Å². The number of Topliss-reactive ketones (excluding diaryl/α,β-unsaturated/α-hetero) is 2. The number of phenols is 1. The Labute approximate surface area is 560 Å². The molecular weight excluding hydrogens is 1210 g/mol. The van der Waals surface area contributed by atoms with Crippen LogP contribution in [0.2, 0.25) is 0 Å². The maximum absolute atomic E-state index is 13.1. The van der Waals surface area contributed by atoms with Crippen LogP contribution >= 0.6 is 0 Å². The number of aromatic nitrogens is 2. The Bertz CT molecular complexity index is 4280. The highest BCUT2D eigenvalue weighted by molar-refractivity contribution is 6.00. The van der Waals surface area contributed by atoms with E-state index in [4.69, 9.17) is 62.1 Å². The van der Waals surface area contributed by atoms with Crippen LogP contribution < -0.4 is 52.1 Å². The fourth-order valence-electron chi connectivity index (χ4n) is 10.7. The van der Waals surface area contributed by atoms with Crippen molar-refractivity contribution in [2.45, 2.75) is 18.8 Å². The SMILES string of the molecule is COc1cccc(-c2cc(-c3ccc(O)c(OC)c3)cc(-c3cccc(OC)c3)n2)c1.COc1cccc(-c2cc(-c3ccc(OC)c(OC)c3)cc(-c3cccc(OC)c3)n2)c1.COc1cccc(C(=O)CC(CC(=O)c2cccc(OC)c2)c2ccc(OC)c(OC)c2)c1. The zero-order chi connectivity index (χ0) is 68.1. The van der Waals surface area contributed by atoms with Gasteiger partial charge in [0.1, 0.15) is 34.5 Å². The lowest BCUT2D eigenvalue weighted by Gasteiger charge is -2.19. The molecule has 16 heteroatoms. The molecule has 0 saturated carbocycles. The van der Waals surface area contributed by atoms with Crippen molar-refractivity contribution in [1.82, 2.24) is 9.97 Å². The molecule has 0 spiro atoms. The zero-order valence-electron chi connectivity index (χ0n) is 55.5. The predicted molar refractivity (Wildman–Crippen MR) is 375 cm³/mol. The van der Waals surface area contributed by atoms with Crippen molar-refractivity contribution in [3.63, 3.8) is 0 Å². The number of phenolic OH excluding ortho intramolecular Hbond substituents is 1. The monoisotopic (exact) mass is 1290 g/mol. The van der Waals surface area contributed by atoms with Gasteiger partial charge >= 0.3 is 0 Å². The Kier molecular flexibility index (Phi) is 23.7. The third kappa shape index (κ3) is 17.3. The third-order valence-electron chi connectivity index (χ3n) is 15.9. The van der Waals surface area contributed by atoms with Gasteiger partial charge in [-0.25, -0.2) is 9.97 Å². The Morgan fingerprint density at radius 1 is 0.292 bits per heavy atom. The van der Waals surface area contributed by atoms with Crippen LogP contribution in [0.3, 0.4) is 0 Å². The quantitative estimate of drug-likeness (QED) is 0.0564. The average molecular weight is 1290 g/mol. The van der Waals surface area contributed by atoms with Gasteiger partial charge in [-0.3, -0.25) is 9.59 Å². The summed E-state index contributed by atoms with van der Waals surface area (Å²) in [5.74, 6) is 6.79. The lowest BCUT2D eigenvalue weighted by Crippen LogP contribution is -2.13. The summed E-state index contributed by atoms with van der Waals surface area (Å²) in [4.78, 5) is 36.2. The number of pyridine rings is 2. The van der Waals surface area contributed by atoms with Gasteiger partial charge in [0.15, 0.2) is 46.1 Å². The van der Waals surface area contributed by atoms with Gasteiger partial charge in [-0.05, 0) is 167 Å². The summed E-state index contributed by atoms with van der Waals surface area (Å²) in [6.45, 7) is 0. The summed E-state index contributed by atoms with van der Waals surface area (Å²) in [7, 11) is 17.7. The summed E-state index contributed by atoms with van der Waals surface area (Å²) < 4.78 is 59.1. The van der Waals surface area contributed by atoms with Crippen molar-refractivity contribution < 1.29 is 66.8 Å². The molecule has 96 heavy (non-hydrogen) atoms. The normalized spacial score (nSPS) is 10.5. The molecule has 0 fully saturated rings. The Morgan fingerprint density at radius 3 is 0.958 bits per heavy atom. The Balaban J connectivity index is 0.000000169. The van der Waals surface area contributed by atoms with Crippen molar-refractivity contribution in [2.75, 3.05) is 78.2 Å². The minimum absolute atomic E-state index is 0.0767. The van der Waals surface area contributed by atoms with Crippen molar-refractivity contribution in [3.05, 3.63) is 241 Å². The summed E-state index contributed by atoms with van der Waals surface area (Å²) in [5.41, 5.74) is 12.9. The molecule has 0 unspecified atom stereocenters. The van der Waals surface area contributed by atoms with E-state index in [1.807, 2.05) is 152 Å². The minimum atomic E-state index is -0.359. The standard InChI is InChI=1S/C27H25NO4.C27H28O6.C26H23NO4/c1-29-22-9-5-7-19(13-22)24-15-21(18-11-12-26(31-3)27(17-18)32-4)16-25(28-24)20-8-6-10-23(14-20)30-2;1-30-22-9-5-7-19(13-22)24(28)15-21(18-11-12-26(32-3)27(17-18)33-4)16-25(29)20-8-6-10-23(14-20)31-2;1-29-21-8-4-6-18(12-21)23-14-20(17-10-11-25(28)26(16-17)31-3)15-24(27-23)19-7-5-9-22(13-19)30-2/h5-17H,1-4H3;5-14,17,21H,15-16H2,1-4H3;4-16,28H,1-3H3. The summed E-state index contributed by atoms with van der Waals surface area (Å²) in [5, 5.41) is 10.00. The number of hydrogen-bond donors (Lipinski definition) is 1. The van der Waals surface area contributed by atoms with Crippen molar-refractivity contribution >= 4 is 11.6 Å². The molecule has 2 heterocycles. The fourth-order valence-corrected chi connectivity index (χ4v) is 10.7. The van der Waals surface area contributed by atoms with E-state index in [9.17, 15) is 14.7 Å². The van der Waals surface area contributed by atoms with E-state index in [2.05, 4.69) is 12.1 Å². The van der Waals surface area contributed by atoms with E-state index in [1.54, 1.807) is 132 Å². The van der Waals surface area contributed by atoms with E-state index in [0.717, 1.165) is 95.8 Å². The highest BCUT2D eigenvalue weighted by Gasteiger charge is 2.24. The van der Waals surface area contributed by atoms with Gasteiger partial charge < -0.3 is 57.2 Å². The highest BCUT2D eigenvalue weighted by atomic mass is 16.5. The largest absolute Gasteiger partial charge is 0.504 e. The molecule has 0 saturated heterocycles. The molecule has 490 valence electrons. The summed E-state index contributed by atoms with van der Waals surface area (Å²) in [6, 6.07) is 70.3. The number of carbonyl (C=O) groups excluding carboxylic acids is 2. The van der Waals surface area contributed by atoms with Crippen LogP contribution in [0.25, 0.3) is 67.3 Å². The smallest absolute Gasteiger partial charge is 0.163 e. The maximum atomic E-state index is 13.1. The number of ketones is 2. The molecule has 0 aliphatic rings. The molecule has 1 N–H and O–H groups in total. The molecule has 0 aliphatic heterocycles. The Morgan fingerprint density at radius 2 is 0.604 bits per heavy atom. The predicted octanol–water partition coefficient (Wildman–Crippen LogP) is 17.3.